The fourth-order valence-corrected chi connectivity index (χ4v) is 2.97. The van der Waals surface area contributed by atoms with Gasteiger partial charge in [-0.15, -0.1) is 0 Å². The monoisotopic (exact) mass is 235 g/mol. The Morgan fingerprint density at radius 2 is 2.24 bits per heavy atom. The number of hydrogen-bond acceptors (Lipinski definition) is 4. The first-order valence-electron chi connectivity index (χ1n) is 6.60. The molecule has 0 aliphatic carbocycles. The molecule has 0 radical (unpaired) electrons. The second-order valence-electron chi connectivity index (χ2n) is 5.48. The van der Waals surface area contributed by atoms with Gasteiger partial charge < -0.3 is 10.6 Å². The van der Waals surface area contributed by atoms with Crippen molar-refractivity contribution in [3.8, 4) is 0 Å². The molecular weight excluding hydrogens is 214 g/mol. The summed E-state index contributed by atoms with van der Waals surface area (Å²) in [6.45, 7) is 3.37. The van der Waals surface area contributed by atoms with Crippen molar-refractivity contribution in [3.63, 3.8) is 0 Å². The van der Waals surface area contributed by atoms with Crippen LogP contribution in [0.15, 0.2) is 0 Å². The molecule has 2 N–H and O–H groups in total. The number of nitrogens with zero attached hydrogens (tertiary/aromatic N) is 4. The van der Waals surface area contributed by atoms with Gasteiger partial charge in [0.05, 0.1) is 6.04 Å². The van der Waals surface area contributed by atoms with Crippen molar-refractivity contribution in [2.45, 2.75) is 38.3 Å². The van der Waals surface area contributed by atoms with Crippen LogP contribution in [-0.4, -0.2) is 39.8 Å². The molecule has 0 saturated carbocycles. The van der Waals surface area contributed by atoms with Gasteiger partial charge in [-0.3, -0.25) is 0 Å². The lowest BCUT2D eigenvalue weighted by Gasteiger charge is -2.17. The largest absolute Gasteiger partial charge is 0.321 e. The van der Waals surface area contributed by atoms with Crippen LogP contribution in [0.25, 0.3) is 0 Å². The molecule has 2 atom stereocenters. The van der Waals surface area contributed by atoms with E-state index in [1.165, 1.54) is 19.5 Å². The number of fused-ring (bicyclic) bond motifs is 1. The second kappa shape index (κ2) is 4.38. The number of nitrogens with two attached hydrogens (primary N) is 1. The second-order valence-corrected chi connectivity index (χ2v) is 5.48. The fourth-order valence-electron chi connectivity index (χ4n) is 2.97. The van der Waals surface area contributed by atoms with Crippen molar-refractivity contribution in [2.75, 3.05) is 20.1 Å². The third-order valence-corrected chi connectivity index (χ3v) is 3.92. The van der Waals surface area contributed by atoms with Crippen LogP contribution >= 0.6 is 0 Å². The Balaban J connectivity index is 1.72. The van der Waals surface area contributed by atoms with Crippen LogP contribution in [0.2, 0.25) is 0 Å². The van der Waals surface area contributed by atoms with Gasteiger partial charge in [0.2, 0.25) is 0 Å². The highest BCUT2D eigenvalue weighted by Crippen LogP contribution is 2.23. The Morgan fingerprint density at radius 1 is 1.35 bits per heavy atom. The zero-order valence-corrected chi connectivity index (χ0v) is 10.5. The molecule has 2 aliphatic heterocycles. The smallest absolute Gasteiger partial charge is 0.151 e. The molecule has 2 unspecified atom stereocenters. The topological polar surface area (TPSA) is 60.0 Å². The van der Waals surface area contributed by atoms with Crippen LogP contribution in [0.3, 0.4) is 0 Å². The Morgan fingerprint density at radius 3 is 2.94 bits per heavy atom. The Bertz CT molecular complexity index is 400. The van der Waals surface area contributed by atoms with Gasteiger partial charge in [0, 0.05) is 19.5 Å². The van der Waals surface area contributed by atoms with Crippen LogP contribution in [0, 0.1) is 5.92 Å². The van der Waals surface area contributed by atoms with Crippen LogP contribution in [0.4, 0.5) is 0 Å². The summed E-state index contributed by atoms with van der Waals surface area (Å²) in [5, 5.41) is 4.60. The Kier molecular flexibility index (Phi) is 2.88. The van der Waals surface area contributed by atoms with E-state index in [0.717, 1.165) is 43.4 Å². The summed E-state index contributed by atoms with van der Waals surface area (Å²) in [6, 6.07) is 0.0938. The molecule has 94 valence electrons. The van der Waals surface area contributed by atoms with Crippen molar-refractivity contribution < 1.29 is 0 Å². The highest BCUT2D eigenvalue weighted by atomic mass is 15.4. The summed E-state index contributed by atoms with van der Waals surface area (Å²) in [5.41, 5.74) is 6.06. The number of aryl methyl sites for hydroxylation is 1. The summed E-state index contributed by atoms with van der Waals surface area (Å²) >= 11 is 0. The van der Waals surface area contributed by atoms with E-state index < -0.39 is 0 Å². The molecule has 2 aliphatic rings. The van der Waals surface area contributed by atoms with Gasteiger partial charge in [0.15, 0.2) is 5.82 Å². The maximum atomic E-state index is 6.06. The first kappa shape index (κ1) is 11.2. The van der Waals surface area contributed by atoms with Crippen molar-refractivity contribution >= 4 is 0 Å². The van der Waals surface area contributed by atoms with Crippen LogP contribution in [0.1, 0.15) is 37.0 Å². The lowest BCUT2D eigenvalue weighted by Crippen LogP contribution is -2.22. The summed E-state index contributed by atoms with van der Waals surface area (Å²) in [7, 11) is 2.18. The van der Waals surface area contributed by atoms with Gasteiger partial charge in [-0.1, -0.05) is 0 Å². The normalized spacial score (nSPS) is 29.5. The summed E-state index contributed by atoms with van der Waals surface area (Å²) < 4.78 is 2.02. The van der Waals surface area contributed by atoms with Gasteiger partial charge in [0.1, 0.15) is 5.82 Å². The predicted octanol–water partition coefficient (Wildman–Crippen LogP) is 0.566. The highest BCUT2D eigenvalue weighted by Gasteiger charge is 2.24. The molecule has 17 heavy (non-hydrogen) atoms. The van der Waals surface area contributed by atoms with Crippen LogP contribution < -0.4 is 5.73 Å². The molecule has 0 bridgehead atoms. The number of rotatable bonds is 2. The first-order chi connectivity index (χ1) is 8.22. The average molecular weight is 235 g/mol. The van der Waals surface area contributed by atoms with Crippen molar-refractivity contribution in [3.05, 3.63) is 11.6 Å². The predicted molar refractivity (Wildman–Crippen MR) is 65.5 cm³/mol. The molecule has 3 rings (SSSR count). The van der Waals surface area contributed by atoms with E-state index in [0.29, 0.717) is 0 Å². The van der Waals surface area contributed by atoms with Gasteiger partial charge in [-0.2, -0.15) is 5.10 Å². The molecule has 3 heterocycles. The Hall–Kier alpha value is -0.940. The molecular formula is C12H21N5. The number of hydrogen-bond donors (Lipinski definition) is 1. The van der Waals surface area contributed by atoms with E-state index in [1.807, 2.05) is 4.68 Å². The van der Waals surface area contributed by atoms with Gasteiger partial charge in [-0.05, 0) is 38.8 Å². The maximum Gasteiger partial charge on any atom is 0.151 e. The minimum absolute atomic E-state index is 0.0938. The standard InChI is InChI=1S/C12H21N5/c1-16-6-4-9(8-16)7-11-14-12-10(13)3-2-5-17(12)15-11/h9-10H,2-8,13H2,1H3. The lowest BCUT2D eigenvalue weighted by atomic mass is 10.0. The minimum atomic E-state index is 0.0938. The minimum Gasteiger partial charge on any atom is -0.321 e. The zero-order chi connectivity index (χ0) is 11.8. The SMILES string of the molecule is CN1CCC(Cc2nc3n(n2)CCCC3N)C1. The molecule has 5 heteroatoms. The zero-order valence-electron chi connectivity index (χ0n) is 10.5. The highest BCUT2D eigenvalue weighted by molar-refractivity contribution is 5.02. The lowest BCUT2D eigenvalue weighted by molar-refractivity contribution is 0.392. The summed E-state index contributed by atoms with van der Waals surface area (Å²) in [6.07, 6.45) is 4.46. The average Bonchev–Trinajstić information content (AvgIpc) is 2.86. The Labute approximate surface area is 102 Å². The van der Waals surface area contributed by atoms with Crippen molar-refractivity contribution in [2.24, 2.45) is 11.7 Å². The van der Waals surface area contributed by atoms with E-state index >= 15 is 0 Å². The van der Waals surface area contributed by atoms with Crippen molar-refractivity contribution in [1.29, 1.82) is 0 Å². The van der Waals surface area contributed by atoms with Gasteiger partial charge in [-0.25, -0.2) is 9.67 Å². The number of aromatic nitrogens is 3. The first-order valence-corrected chi connectivity index (χ1v) is 6.60. The third-order valence-electron chi connectivity index (χ3n) is 3.92. The third kappa shape index (κ3) is 2.21. The van der Waals surface area contributed by atoms with Crippen molar-refractivity contribution in [1.82, 2.24) is 19.7 Å². The molecule has 1 aromatic rings. The maximum absolute atomic E-state index is 6.06. The molecule has 0 spiro atoms. The molecule has 5 nitrogen and oxygen atoms in total. The van der Waals surface area contributed by atoms with E-state index in [4.69, 9.17) is 5.73 Å². The van der Waals surface area contributed by atoms with Crippen LogP contribution in [0.5, 0.6) is 0 Å². The molecule has 1 saturated heterocycles. The van der Waals surface area contributed by atoms with Crippen LogP contribution in [-0.2, 0) is 13.0 Å². The number of likely N-dealkylation sites (tertiary alicyclic amines) is 1. The quantitative estimate of drug-likeness (QED) is 0.814. The van der Waals surface area contributed by atoms with E-state index in [2.05, 4.69) is 22.0 Å². The summed E-state index contributed by atoms with van der Waals surface area (Å²) in [5.74, 6) is 2.72. The molecule has 1 fully saturated rings. The molecule has 0 aromatic carbocycles. The van der Waals surface area contributed by atoms with E-state index in [1.54, 1.807) is 0 Å². The molecule has 0 amide bonds. The fraction of sp³-hybridized carbons (Fsp3) is 0.833. The van der Waals surface area contributed by atoms with E-state index in [9.17, 15) is 0 Å². The van der Waals surface area contributed by atoms with Gasteiger partial charge >= 0.3 is 0 Å². The molecule has 1 aromatic heterocycles. The van der Waals surface area contributed by atoms with E-state index in [-0.39, 0.29) is 6.04 Å². The van der Waals surface area contributed by atoms with Gasteiger partial charge in [0.25, 0.3) is 0 Å². The summed E-state index contributed by atoms with van der Waals surface area (Å²) in [4.78, 5) is 7.01.